The molecule has 43 heavy (non-hydrogen) atoms. The molecule has 1 saturated heterocycles. The maximum absolute atomic E-state index is 14.5. The van der Waals surface area contributed by atoms with Gasteiger partial charge in [-0.15, -0.1) is 0 Å². The van der Waals surface area contributed by atoms with Crippen LogP contribution in [0.15, 0.2) is 42.7 Å². The predicted octanol–water partition coefficient (Wildman–Crippen LogP) is 5.97. The van der Waals surface area contributed by atoms with Gasteiger partial charge in [-0.2, -0.15) is 9.97 Å². The molecule has 2 aromatic carbocycles. The van der Waals surface area contributed by atoms with Crippen molar-refractivity contribution in [3.05, 3.63) is 76.3 Å². The Hall–Kier alpha value is -3.97. The molecule has 1 aliphatic carbocycles. The average Bonchev–Trinajstić information content (AvgIpc) is 3.54. The first kappa shape index (κ1) is 29.1. The van der Waals surface area contributed by atoms with Gasteiger partial charge in [-0.1, -0.05) is 49.2 Å². The first-order valence-corrected chi connectivity index (χ1v) is 15.1. The summed E-state index contributed by atoms with van der Waals surface area (Å²) in [6, 6.07) is 8.70. The minimum Gasteiger partial charge on any atom is -0.463 e. The third-order valence-corrected chi connectivity index (χ3v) is 9.15. The van der Waals surface area contributed by atoms with Crippen molar-refractivity contribution >= 4 is 39.8 Å². The van der Waals surface area contributed by atoms with E-state index in [9.17, 15) is 13.6 Å². The van der Waals surface area contributed by atoms with E-state index in [1.54, 1.807) is 6.07 Å². The molecule has 3 aromatic rings. The van der Waals surface area contributed by atoms with Gasteiger partial charge in [0.25, 0.3) is 5.91 Å². The Morgan fingerprint density at radius 3 is 2.72 bits per heavy atom. The van der Waals surface area contributed by atoms with Crippen LogP contribution in [0, 0.1) is 18.3 Å². The number of aromatic nitrogens is 2. The summed E-state index contributed by atoms with van der Waals surface area (Å²) in [5.74, 6) is -1.08. The fourth-order valence-electron chi connectivity index (χ4n) is 6.58. The lowest BCUT2D eigenvalue weighted by molar-refractivity contribution is -0.131. The van der Waals surface area contributed by atoms with Gasteiger partial charge in [0.15, 0.2) is 5.83 Å². The van der Waals surface area contributed by atoms with Crippen LogP contribution in [0.4, 0.5) is 20.3 Å². The minimum atomic E-state index is -1.03. The standard InChI is InChI=1S/C32H33ClF2N6O2/c1-20(34)31(42)41-15-14-40(17-23(41)16-36-2)30-24-12-13-39(27-9-5-8-22-10-11-25(35)29(33)28(22)27)18-26(24)37-32(38-30)43-19-21-6-3-4-7-21/h5,8-11,21,23H,1,3-4,6-7,12-19H2/t23-/m0/s1. The van der Waals surface area contributed by atoms with Gasteiger partial charge in [-0.3, -0.25) is 4.79 Å². The molecule has 0 N–H and O–H groups in total. The van der Waals surface area contributed by atoms with Crippen LogP contribution in [0.2, 0.25) is 5.02 Å². The van der Waals surface area contributed by atoms with Gasteiger partial charge in [-0.25, -0.2) is 15.4 Å². The first-order chi connectivity index (χ1) is 20.8. The van der Waals surface area contributed by atoms with Gasteiger partial charge in [0, 0.05) is 42.8 Å². The molecule has 1 aromatic heterocycles. The molecule has 2 aliphatic heterocycles. The zero-order chi connectivity index (χ0) is 30.1. The number of ether oxygens (including phenoxy) is 1. The monoisotopic (exact) mass is 606 g/mol. The average molecular weight is 607 g/mol. The van der Waals surface area contributed by atoms with Crippen molar-refractivity contribution in [2.45, 2.75) is 44.7 Å². The summed E-state index contributed by atoms with van der Waals surface area (Å²) in [6.45, 7) is 13.2. The number of halogens is 3. The van der Waals surface area contributed by atoms with Crippen molar-refractivity contribution in [1.29, 1.82) is 0 Å². The van der Waals surface area contributed by atoms with E-state index in [2.05, 4.69) is 21.2 Å². The van der Waals surface area contributed by atoms with Gasteiger partial charge in [0.2, 0.25) is 6.54 Å². The number of carbonyl (C=O) groups is 1. The van der Waals surface area contributed by atoms with E-state index >= 15 is 0 Å². The number of amides is 1. The van der Waals surface area contributed by atoms with Crippen molar-refractivity contribution < 1.29 is 18.3 Å². The molecule has 3 aliphatic rings. The molecule has 6 rings (SSSR count). The number of piperazine rings is 1. The number of fused-ring (bicyclic) bond motifs is 2. The molecular weight excluding hydrogens is 574 g/mol. The quantitative estimate of drug-likeness (QED) is 0.244. The van der Waals surface area contributed by atoms with Gasteiger partial charge in [0.05, 0.1) is 23.9 Å². The summed E-state index contributed by atoms with van der Waals surface area (Å²) in [5, 5.41) is 1.61. The Balaban J connectivity index is 1.34. The lowest BCUT2D eigenvalue weighted by atomic mass is 10.0. The number of hydrogen-bond acceptors (Lipinski definition) is 6. The Kier molecular flexibility index (Phi) is 8.35. The van der Waals surface area contributed by atoms with Gasteiger partial charge in [0.1, 0.15) is 17.7 Å². The lowest BCUT2D eigenvalue weighted by Crippen LogP contribution is -2.57. The molecule has 3 heterocycles. The van der Waals surface area contributed by atoms with Crippen LogP contribution < -0.4 is 14.5 Å². The van der Waals surface area contributed by atoms with Crippen molar-refractivity contribution in [1.82, 2.24) is 14.9 Å². The van der Waals surface area contributed by atoms with Crippen molar-refractivity contribution in [2.75, 3.05) is 49.1 Å². The van der Waals surface area contributed by atoms with E-state index in [0.717, 1.165) is 35.2 Å². The number of benzene rings is 2. The van der Waals surface area contributed by atoms with E-state index in [0.29, 0.717) is 62.3 Å². The fraction of sp³-hybridized carbons (Fsp3) is 0.438. The van der Waals surface area contributed by atoms with Crippen LogP contribution in [0.5, 0.6) is 6.01 Å². The van der Waals surface area contributed by atoms with Crippen LogP contribution in [0.25, 0.3) is 15.6 Å². The number of anilines is 2. The highest BCUT2D eigenvalue weighted by Crippen LogP contribution is 2.38. The smallest absolute Gasteiger partial charge is 0.318 e. The van der Waals surface area contributed by atoms with Gasteiger partial charge >= 0.3 is 6.01 Å². The lowest BCUT2D eigenvalue weighted by Gasteiger charge is -2.41. The van der Waals surface area contributed by atoms with Gasteiger partial charge in [-0.05, 0) is 42.7 Å². The molecule has 0 unspecified atom stereocenters. The van der Waals surface area contributed by atoms with E-state index in [1.165, 1.54) is 23.8 Å². The Morgan fingerprint density at radius 2 is 1.95 bits per heavy atom. The van der Waals surface area contributed by atoms with Crippen LogP contribution in [-0.4, -0.2) is 66.1 Å². The molecule has 1 saturated carbocycles. The van der Waals surface area contributed by atoms with Crippen LogP contribution in [0.3, 0.4) is 0 Å². The Morgan fingerprint density at radius 1 is 1.14 bits per heavy atom. The normalized spacial score (nSPS) is 18.9. The third-order valence-electron chi connectivity index (χ3n) is 8.78. The van der Waals surface area contributed by atoms with Crippen molar-refractivity contribution in [3.63, 3.8) is 0 Å². The molecule has 1 amide bonds. The number of rotatable bonds is 7. The summed E-state index contributed by atoms with van der Waals surface area (Å²) in [7, 11) is 0. The molecule has 11 heteroatoms. The summed E-state index contributed by atoms with van der Waals surface area (Å²) in [4.78, 5) is 31.3. The van der Waals surface area contributed by atoms with E-state index < -0.39 is 23.6 Å². The van der Waals surface area contributed by atoms with E-state index in [4.69, 9.17) is 32.9 Å². The molecule has 0 radical (unpaired) electrons. The highest BCUT2D eigenvalue weighted by molar-refractivity contribution is 6.36. The molecular formula is C32H33ClF2N6O2. The highest BCUT2D eigenvalue weighted by atomic mass is 35.5. The second-order valence-electron chi connectivity index (χ2n) is 11.5. The predicted molar refractivity (Wildman–Crippen MR) is 163 cm³/mol. The number of hydrogen-bond donors (Lipinski definition) is 0. The maximum atomic E-state index is 14.5. The van der Waals surface area contributed by atoms with E-state index in [-0.39, 0.29) is 18.1 Å². The second kappa shape index (κ2) is 12.3. The fourth-order valence-corrected chi connectivity index (χ4v) is 6.85. The number of carbonyl (C=O) groups excluding carboxylic acids is 1. The molecule has 0 bridgehead atoms. The number of nitrogens with zero attached hydrogens (tertiary/aromatic N) is 6. The van der Waals surface area contributed by atoms with E-state index in [1.807, 2.05) is 18.2 Å². The zero-order valence-corrected chi connectivity index (χ0v) is 24.6. The third kappa shape index (κ3) is 5.83. The largest absolute Gasteiger partial charge is 0.463 e. The van der Waals surface area contributed by atoms with Crippen LogP contribution in [-0.2, 0) is 17.8 Å². The second-order valence-corrected chi connectivity index (χ2v) is 11.8. The SMILES string of the molecule is [C-]#[N+]C[C@H]1CN(c2nc(OCC3CCCC3)nc3c2CCN(c2cccc4ccc(F)c(Cl)c24)C3)CCN1C(=O)C(=C)F. The van der Waals surface area contributed by atoms with Crippen molar-refractivity contribution in [2.24, 2.45) is 5.92 Å². The van der Waals surface area contributed by atoms with Gasteiger partial charge < -0.3 is 24.3 Å². The Bertz CT molecular complexity index is 1600. The minimum absolute atomic E-state index is 0.0417. The topological polar surface area (TPSA) is 66.2 Å². The molecule has 224 valence electrons. The summed E-state index contributed by atoms with van der Waals surface area (Å²) in [6.07, 6.45) is 5.26. The first-order valence-electron chi connectivity index (χ1n) is 14.7. The Labute approximate surface area is 254 Å². The molecule has 2 fully saturated rings. The maximum Gasteiger partial charge on any atom is 0.318 e. The summed E-state index contributed by atoms with van der Waals surface area (Å²) in [5.41, 5.74) is 2.61. The van der Waals surface area contributed by atoms with Crippen LogP contribution in [0.1, 0.15) is 36.9 Å². The zero-order valence-electron chi connectivity index (χ0n) is 23.9. The van der Waals surface area contributed by atoms with Crippen molar-refractivity contribution in [3.8, 4) is 6.01 Å². The molecule has 8 nitrogen and oxygen atoms in total. The summed E-state index contributed by atoms with van der Waals surface area (Å²) >= 11 is 6.47. The molecule has 0 spiro atoms. The summed E-state index contributed by atoms with van der Waals surface area (Å²) < 4.78 is 34.5. The highest BCUT2D eigenvalue weighted by Gasteiger charge is 2.36. The molecule has 1 atom stereocenters. The van der Waals surface area contributed by atoms with Crippen LogP contribution >= 0.6 is 11.6 Å².